The van der Waals surface area contributed by atoms with E-state index >= 15 is 0 Å². The van der Waals surface area contributed by atoms with E-state index in [9.17, 15) is 0 Å². The van der Waals surface area contributed by atoms with E-state index in [0.29, 0.717) is 0 Å². The zero-order valence-corrected chi connectivity index (χ0v) is 21.1. The van der Waals surface area contributed by atoms with Crippen molar-refractivity contribution in [2.75, 3.05) is 0 Å². The van der Waals surface area contributed by atoms with Gasteiger partial charge >= 0.3 is 0 Å². The van der Waals surface area contributed by atoms with Crippen LogP contribution in [0.2, 0.25) is 0 Å². The molecule has 0 saturated carbocycles. The second kappa shape index (κ2) is 8.06. The van der Waals surface area contributed by atoms with Gasteiger partial charge in [-0.25, -0.2) is 0 Å². The predicted octanol–water partition coefficient (Wildman–Crippen LogP) is 10.2. The Hall–Kier alpha value is -4.88. The van der Waals surface area contributed by atoms with E-state index in [1.165, 1.54) is 76.5 Å². The molecule has 0 unspecified atom stereocenters. The van der Waals surface area contributed by atoms with Crippen LogP contribution < -0.4 is 0 Å². The van der Waals surface area contributed by atoms with E-state index in [0.717, 1.165) is 0 Å². The number of hydrogen-bond acceptors (Lipinski definition) is 0. The minimum Gasteiger partial charge on any atom is -0.309 e. The Labute approximate surface area is 221 Å². The Morgan fingerprint density at radius 3 is 1.76 bits per heavy atom. The molecule has 1 aromatic heterocycles. The Kier molecular flexibility index (Phi) is 4.50. The lowest BCUT2D eigenvalue weighted by Crippen LogP contribution is -1.95. The number of fused-ring (bicyclic) bond motifs is 8. The van der Waals surface area contributed by atoms with Gasteiger partial charge in [0, 0.05) is 21.8 Å². The third kappa shape index (κ3) is 2.93. The normalized spacial score (nSPS) is 11.8. The SMILES string of the molecule is Cc1c(-c2ccc(-n3c4ccccc4c4ccc5ccccc5c43)cc2)c2ccccc2c2ccccc12. The van der Waals surface area contributed by atoms with Crippen molar-refractivity contribution >= 4 is 54.1 Å². The Morgan fingerprint density at radius 2 is 1.00 bits per heavy atom. The van der Waals surface area contributed by atoms with Gasteiger partial charge in [0.05, 0.1) is 11.0 Å². The molecule has 0 N–H and O–H groups in total. The van der Waals surface area contributed by atoms with Crippen LogP contribution in [0, 0.1) is 6.92 Å². The third-order valence-electron chi connectivity index (χ3n) is 8.17. The van der Waals surface area contributed by atoms with Crippen LogP contribution in [0.5, 0.6) is 0 Å². The van der Waals surface area contributed by atoms with Gasteiger partial charge in [-0.15, -0.1) is 0 Å². The number of aryl methyl sites for hydroxylation is 1. The van der Waals surface area contributed by atoms with Crippen LogP contribution in [0.15, 0.2) is 133 Å². The van der Waals surface area contributed by atoms with Crippen molar-refractivity contribution in [1.29, 1.82) is 0 Å². The van der Waals surface area contributed by atoms with Gasteiger partial charge in [-0.1, -0.05) is 115 Å². The van der Waals surface area contributed by atoms with Crippen LogP contribution in [-0.2, 0) is 0 Å². The maximum absolute atomic E-state index is 2.43. The van der Waals surface area contributed by atoms with Crippen molar-refractivity contribution in [2.45, 2.75) is 6.92 Å². The van der Waals surface area contributed by atoms with E-state index in [4.69, 9.17) is 0 Å². The number of hydrogen-bond donors (Lipinski definition) is 0. The molecule has 0 aliphatic rings. The van der Waals surface area contributed by atoms with Crippen LogP contribution in [0.4, 0.5) is 0 Å². The molecule has 8 aromatic rings. The summed E-state index contributed by atoms with van der Waals surface area (Å²) in [6.45, 7) is 2.26. The van der Waals surface area contributed by atoms with Crippen molar-refractivity contribution in [2.24, 2.45) is 0 Å². The van der Waals surface area contributed by atoms with Gasteiger partial charge in [-0.2, -0.15) is 0 Å². The summed E-state index contributed by atoms with van der Waals surface area (Å²) in [5.74, 6) is 0. The molecule has 0 radical (unpaired) electrons. The Morgan fingerprint density at radius 1 is 0.421 bits per heavy atom. The van der Waals surface area contributed by atoms with E-state index in [-0.39, 0.29) is 0 Å². The quantitative estimate of drug-likeness (QED) is 0.216. The third-order valence-corrected chi connectivity index (χ3v) is 8.17. The monoisotopic (exact) mass is 483 g/mol. The lowest BCUT2D eigenvalue weighted by atomic mass is 9.89. The average Bonchev–Trinajstić information content (AvgIpc) is 3.33. The number of aromatic nitrogens is 1. The minimum absolute atomic E-state index is 1.18. The average molecular weight is 484 g/mol. The highest BCUT2D eigenvalue weighted by atomic mass is 15.0. The maximum Gasteiger partial charge on any atom is 0.0619 e. The molecule has 0 aliphatic heterocycles. The second-order valence-electron chi connectivity index (χ2n) is 10.2. The first-order chi connectivity index (χ1) is 18.8. The van der Waals surface area contributed by atoms with Gasteiger partial charge in [0.1, 0.15) is 0 Å². The molecule has 178 valence electrons. The molecule has 0 saturated heterocycles. The van der Waals surface area contributed by atoms with Crippen LogP contribution in [0.25, 0.3) is 70.9 Å². The molecule has 8 rings (SSSR count). The summed E-state index contributed by atoms with van der Waals surface area (Å²) in [7, 11) is 0. The highest BCUT2D eigenvalue weighted by Crippen LogP contribution is 2.40. The van der Waals surface area contributed by atoms with Crippen LogP contribution in [0.3, 0.4) is 0 Å². The number of para-hydroxylation sites is 1. The summed E-state index contributed by atoms with van der Waals surface area (Å²) >= 11 is 0. The van der Waals surface area contributed by atoms with Crippen molar-refractivity contribution in [3.05, 3.63) is 139 Å². The fraction of sp³-hybridized carbons (Fsp3) is 0.0270. The van der Waals surface area contributed by atoms with Gasteiger partial charge in [0.15, 0.2) is 0 Å². The zero-order valence-electron chi connectivity index (χ0n) is 21.1. The van der Waals surface area contributed by atoms with Crippen molar-refractivity contribution < 1.29 is 0 Å². The molecule has 0 aliphatic carbocycles. The van der Waals surface area contributed by atoms with Crippen molar-refractivity contribution in [3.8, 4) is 16.8 Å². The minimum atomic E-state index is 1.18. The lowest BCUT2D eigenvalue weighted by molar-refractivity contribution is 1.19. The van der Waals surface area contributed by atoms with Crippen LogP contribution in [-0.4, -0.2) is 4.57 Å². The molecule has 38 heavy (non-hydrogen) atoms. The smallest absolute Gasteiger partial charge is 0.0619 e. The summed E-state index contributed by atoms with van der Waals surface area (Å²) in [5.41, 5.74) is 7.58. The van der Waals surface area contributed by atoms with E-state index in [1.54, 1.807) is 0 Å². The van der Waals surface area contributed by atoms with E-state index in [2.05, 4.69) is 145 Å². The largest absolute Gasteiger partial charge is 0.309 e. The van der Waals surface area contributed by atoms with Crippen molar-refractivity contribution in [3.63, 3.8) is 0 Å². The highest BCUT2D eigenvalue weighted by Gasteiger charge is 2.16. The van der Waals surface area contributed by atoms with Crippen LogP contribution in [0.1, 0.15) is 5.56 Å². The number of benzene rings is 7. The predicted molar refractivity (Wildman–Crippen MR) is 163 cm³/mol. The fourth-order valence-electron chi connectivity index (χ4n) is 6.47. The summed E-state index contributed by atoms with van der Waals surface area (Å²) in [4.78, 5) is 0. The van der Waals surface area contributed by atoms with Gasteiger partial charge < -0.3 is 4.57 Å². The summed E-state index contributed by atoms with van der Waals surface area (Å²) in [6.07, 6.45) is 0. The molecule has 7 aromatic carbocycles. The Bertz CT molecular complexity index is 2180. The standard InChI is InChI=1S/C37H25N/c1-24-28-11-4-5-13-30(28)31-14-6-7-16-33(31)36(24)26-18-21-27(22-19-26)38-35-17-9-8-15-32(35)34-23-20-25-10-2-3-12-29(25)37(34)38/h2-23H,1H3. The van der Waals surface area contributed by atoms with Gasteiger partial charge in [-0.3, -0.25) is 0 Å². The lowest BCUT2D eigenvalue weighted by Gasteiger charge is -2.16. The Balaban J connectivity index is 1.40. The first-order valence-electron chi connectivity index (χ1n) is 13.2. The summed E-state index contributed by atoms with van der Waals surface area (Å²) < 4.78 is 2.43. The van der Waals surface area contributed by atoms with E-state index < -0.39 is 0 Å². The topological polar surface area (TPSA) is 4.93 Å². The van der Waals surface area contributed by atoms with Crippen LogP contribution >= 0.6 is 0 Å². The van der Waals surface area contributed by atoms with Gasteiger partial charge in [0.2, 0.25) is 0 Å². The molecule has 0 amide bonds. The first kappa shape index (κ1) is 21.2. The second-order valence-corrected chi connectivity index (χ2v) is 10.2. The molecular formula is C37H25N. The molecule has 0 bridgehead atoms. The first-order valence-corrected chi connectivity index (χ1v) is 13.2. The molecule has 1 heterocycles. The zero-order chi connectivity index (χ0) is 25.2. The van der Waals surface area contributed by atoms with Crippen molar-refractivity contribution in [1.82, 2.24) is 4.57 Å². The highest BCUT2D eigenvalue weighted by molar-refractivity contribution is 6.19. The molecule has 0 spiro atoms. The summed E-state index contributed by atoms with van der Waals surface area (Å²) in [5, 5.41) is 10.4. The molecular weight excluding hydrogens is 458 g/mol. The van der Waals surface area contributed by atoms with E-state index in [1.807, 2.05) is 0 Å². The molecule has 1 nitrogen and oxygen atoms in total. The number of rotatable bonds is 2. The molecule has 0 atom stereocenters. The van der Waals surface area contributed by atoms with Gasteiger partial charge in [-0.05, 0) is 68.7 Å². The molecule has 1 heteroatoms. The molecule has 0 fully saturated rings. The fourth-order valence-corrected chi connectivity index (χ4v) is 6.47. The summed E-state index contributed by atoms with van der Waals surface area (Å²) in [6, 6.07) is 48.7. The maximum atomic E-state index is 2.43. The number of nitrogens with zero attached hydrogens (tertiary/aromatic N) is 1. The van der Waals surface area contributed by atoms with Gasteiger partial charge in [0.25, 0.3) is 0 Å².